The highest BCUT2D eigenvalue weighted by Crippen LogP contribution is 2.53. The molecule has 0 aliphatic carbocycles. The smallest absolute Gasteiger partial charge is 0.248 e. The minimum Gasteiger partial charge on any atom is -0.311 e. The summed E-state index contributed by atoms with van der Waals surface area (Å²) in [6.45, 7) is 9.20. The summed E-state index contributed by atoms with van der Waals surface area (Å²) in [7, 11) is 0. The number of nitrogens with zero attached hydrogens (tertiary/aromatic N) is 2. The van der Waals surface area contributed by atoms with Crippen LogP contribution < -0.4 is 42.6 Å². The minimum atomic E-state index is -0.0132. The van der Waals surface area contributed by atoms with Gasteiger partial charge in [-0.25, -0.2) is 0 Å². The van der Waals surface area contributed by atoms with E-state index in [9.17, 15) is 0 Å². The van der Waals surface area contributed by atoms with Crippen molar-refractivity contribution in [2.24, 2.45) is 0 Å². The molecule has 0 aromatic heterocycles. The number of halogens is 2. The fourth-order valence-corrected chi connectivity index (χ4v) is 15.4. The summed E-state index contributed by atoms with van der Waals surface area (Å²) in [6.07, 6.45) is 0. The first-order valence-electron chi connectivity index (χ1n) is 25.8. The first-order chi connectivity index (χ1) is 36.2. The van der Waals surface area contributed by atoms with Gasteiger partial charge >= 0.3 is 0 Å². The third-order valence-electron chi connectivity index (χ3n) is 17.2. The summed E-state index contributed by atoms with van der Waals surface area (Å²) in [5, 5.41) is 8.10. The second-order valence-electron chi connectivity index (χ2n) is 21.1. The standard InChI is InChI=1S/C68H44B2Br2N2/c1-37-17-15-18-38(2)61(37)45-33-47-51-29-41(71)31-59-67(51)70(54-26-12-14-28-58(54)73(59)43-21-7-5-8-22-43)56-36-50-46(62-39(3)19-16-20-40(62)4)34-48-52-30-42(72)32-60-68(52)69(55-35-49(45)65(63(47)56)66(50)64(48)55)53-25-11-13-27-57(53)74(60)44-23-9-6-10-24-44/h5-36H,1-4H3. The van der Waals surface area contributed by atoms with E-state index in [1.54, 1.807) is 0 Å². The first-order valence-corrected chi connectivity index (χ1v) is 27.4. The Hall–Kier alpha value is -7.63. The normalized spacial score (nSPS) is 13.4. The largest absolute Gasteiger partial charge is 0.311 e. The minimum absolute atomic E-state index is 0.0132. The molecule has 0 bridgehead atoms. The van der Waals surface area contributed by atoms with E-state index in [0.29, 0.717) is 0 Å². The SMILES string of the molecule is Cc1cccc(C)c1-c1cc2c3c(cc4c(-c5c(C)cccc5C)cc5c6c(cc1c3c46)B1c3ccccc3N(c3ccccc3)c3cc(Br)cc-5c31)B1c3ccccc3N(c3ccccc3)c3cc(Br)cc-2c31. The molecule has 0 radical (unpaired) electrons. The van der Waals surface area contributed by atoms with Crippen LogP contribution in [-0.4, -0.2) is 13.4 Å². The molecular weight excluding hydrogens is 1030 g/mol. The van der Waals surface area contributed by atoms with Gasteiger partial charge in [0.2, 0.25) is 13.4 Å². The van der Waals surface area contributed by atoms with Crippen LogP contribution in [0.5, 0.6) is 0 Å². The van der Waals surface area contributed by atoms with Gasteiger partial charge in [-0.15, -0.1) is 0 Å². The summed E-state index contributed by atoms with van der Waals surface area (Å²) in [5.41, 5.74) is 30.8. The second-order valence-corrected chi connectivity index (χ2v) is 22.9. The van der Waals surface area contributed by atoms with Gasteiger partial charge in [-0.1, -0.05) is 164 Å². The maximum atomic E-state index is 4.14. The van der Waals surface area contributed by atoms with Gasteiger partial charge in [0.05, 0.1) is 0 Å². The van der Waals surface area contributed by atoms with E-state index in [2.05, 4.69) is 263 Å². The molecule has 0 amide bonds. The zero-order chi connectivity index (χ0) is 49.4. The van der Waals surface area contributed by atoms with Gasteiger partial charge in [0.1, 0.15) is 0 Å². The van der Waals surface area contributed by atoms with Crippen molar-refractivity contribution in [2.75, 3.05) is 9.80 Å². The van der Waals surface area contributed by atoms with Crippen molar-refractivity contribution in [1.82, 2.24) is 0 Å². The van der Waals surface area contributed by atoms with Crippen molar-refractivity contribution < 1.29 is 0 Å². The Morgan fingerprint density at radius 3 is 1.09 bits per heavy atom. The number of benzene rings is 12. The lowest BCUT2D eigenvalue weighted by molar-refractivity contribution is 1.29. The fourth-order valence-electron chi connectivity index (χ4n) is 14.5. The van der Waals surface area contributed by atoms with Crippen LogP contribution in [0.15, 0.2) is 203 Å². The molecule has 4 aliphatic heterocycles. The maximum absolute atomic E-state index is 4.14. The van der Waals surface area contributed by atoms with Crippen molar-refractivity contribution in [1.29, 1.82) is 0 Å². The number of hydrogen-bond donors (Lipinski definition) is 0. The van der Waals surface area contributed by atoms with E-state index in [-0.39, 0.29) is 13.4 Å². The van der Waals surface area contributed by atoms with E-state index in [4.69, 9.17) is 0 Å². The van der Waals surface area contributed by atoms with Crippen LogP contribution in [0.3, 0.4) is 0 Å². The van der Waals surface area contributed by atoms with Crippen molar-refractivity contribution in [2.45, 2.75) is 27.7 Å². The molecule has 12 aromatic carbocycles. The van der Waals surface area contributed by atoms with E-state index in [0.717, 1.165) is 20.3 Å². The highest BCUT2D eigenvalue weighted by Gasteiger charge is 2.46. The molecular formula is C68H44B2Br2N2. The molecule has 16 rings (SSSR count). The third kappa shape index (κ3) is 5.62. The highest BCUT2D eigenvalue weighted by atomic mass is 79.9. The van der Waals surface area contributed by atoms with Gasteiger partial charge in [-0.3, -0.25) is 0 Å². The second kappa shape index (κ2) is 15.5. The maximum Gasteiger partial charge on any atom is 0.248 e. The van der Waals surface area contributed by atoms with Crippen LogP contribution in [0.4, 0.5) is 34.1 Å². The number of para-hydroxylation sites is 4. The van der Waals surface area contributed by atoms with E-state index >= 15 is 0 Å². The van der Waals surface area contributed by atoms with Gasteiger partial charge < -0.3 is 9.80 Å². The molecule has 4 heterocycles. The Morgan fingerprint density at radius 2 is 0.689 bits per heavy atom. The Balaban J connectivity index is 1.15. The number of hydrogen-bond acceptors (Lipinski definition) is 2. The highest BCUT2D eigenvalue weighted by molar-refractivity contribution is 9.10. The molecule has 2 nitrogen and oxygen atoms in total. The number of aryl methyl sites for hydroxylation is 4. The fraction of sp³-hybridized carbons (Fsp3) is 0.0588. The monoisotopic (exact) mass is 1070 g/mol. The Bertz CT molecular complexity index is 4140. The third-order valence-corrected chi connectivity index (χ3v) is 18.1. The van der Waals surface area contributed by atoms with Crippen LogP contribution >= 0.6 is 31.9 Å². The van der Waals surface area contributed by atoms with Crippen LogP contribution in [-0.2, 0) is 0 Å². The van der Waals surface area contributed by atoms with Crippen LogP contribution in [0.2, 0.25) is 0 Å². The number of anilines is 6. The average Bonchev–Trinajstić information content (AvgIpc) is 3.46. The molecule has 0 N–H and O–H groups in total. The summed E-state index contributed by atoms with van der Waals surface area (Å²) < 4.78 is 2.14. The first kappa shape index (κ1) is 42.8. The predicted octanol–water partition coefficient (Wildman–Crippen LogP) is 15.2. The molecule has 0 atom stereocenters. The molecule has 0 saturated heterocycles. The van der Waals surface area contributed by atoms with Crippen molar-refractivity contribution in [3.05, 3.63) is 225 Å². The lowest BCUT2D eigenvalue weighted by Gasteiger charge is -2.42. The van der Waals surface area contributed by atoms with Crippen LogP contribution in [0.25, 0.3) is 76.8 Å². The zero-order valence-corrected chi connectivity index (χ0v) is 44.5. The molecule has 4 aliphatic rings. The molecule has 0 unspecified atom stereocenters. The summed E-state index contributed by atoms with van der Waals surface area (Å²) in [4.78, 5) is 5.00. The van der Waals surface area contributed by atoms with Crippen LogP contribution in [0.1, 0.15) is 22.3 Å². The average molecular weight is 1070 g/mol. The lowest BCUT2D eigenvalue weighted by Crippen LogP contribution is -2.60. The summed E-state index contributed by atoms with van der Waals surface area (Å²) >= 11 is 8.27. The zero-order valence-electron chi connectivity index (χ0n) is 41.3. The molecule has 12 aromatic rings. The quantitative estimate of drug-likeness (QED) is 0.128. The Kier molecular flexibility index (Phi) is 8.95. The van der Waals surface area contributed by atoms with Crippen molar-refractivity contribution in [3.8, 4) is 44.5 Å². The van der Waals surface area contributed by atoms with Gasteiger partial charge in [-0.05, 0) is 221 Å². The number of fused-ring (bicyclic) bond motifs is 8. The van der Waals surface area contributed by atoms with Crippen LogP contribution in [0, 0.1) is 27.7 Å². The van der Waals surface area contributed by atoms with Gasteiger partial charge in [-0.2, -0.15) is 0 Å². The van der Waals surface area contributed by atoms with E-state index in [1.807, 2.05) is 0 Å². The van der Waals surface area contributed by atoms with Gasteiger partial charge in [0.15, 0.2) is 0 Å². The molecule has 0 saturated carbocycles. The summed E-state index contributed by atoms with van der Waals surface area (Å²) in [6, 6.07) is 74.0. The summed E-state index contributed by atoms with van der Waals surface area (Å²) in [5.74, 6) is 0. The Morgan fingerprint density at radius 1 is 0.311 bits per heavy atom. The van der Waals surface area contributed by atoms with Gasteiger partial charge in [0, 0.05) is 43.1 Å². The Labute approximate surface area is 448 Å². The molecule has 74 heavy (non-hydrogen) atoms. The van der Waals surface area contributed by atoms with Crippen molar-refractivity contribution >= 4 is 145 Å². The predicted molar refractivity (Wildman–Crippen MR) is 325 cm³/mol. The molecule has 0 spiro atoms. The van der Waals surface area contributed by atoms with E-state index in [1.165, 1.54) is 155 Å². The lowest BCUT2D eigenvalue weighted by atomic mass is 9.31. The van der Waals surface area contributed by atoms with E-state index < -0.39 is 0 Å². The molecule has 346 valence electrons. The van der Waals surface area contributed by atoms with Gasteiger partial charge in [0.25, 0.3) is 0 Å². The topological polar surface area (TPSA) is 6.48 Å². The van der Waals surface area contributed by atoms with Crippen molar-refractivity contribution in [3.63, 3.8) is 0 Å². The number of rotatable bonds is 4. The molecule has 0 fully saturated rings. The molecule has 6 heteroatoms.